The Bertz CT molecular complexity index is 656. The van der Waals surface area contributed by atoms with Crippen LogP contribution in [0.25, 0.3) is 0 Å². The number of benzene rings is 1. The van der Waals surface area contributed by atoms with Crippen LogP contribution in [0.15, 0.2) is 18.2 Å². The molecule has 5 nitrogen and oxygen atoms in total. The van der Waals surface area contributed by atoms with E-state index < -0.39 is 18.9 Å². The molecule has 1 aliphatic heterocycles. The molecule has 0 bridgehead atoms. The average molecular weight is 376 g/mol. The highest BCUT2D eigenvalue weighted by Crippen LogP contribution is 2.20. The van der Waals surface area contributed by atoms with Crippen LogP contribution < -0.4 is 5.32 Å². The Balaban J connectivity index is 1.75. The lowest BCUT2D eigenvalue weighted by Gasteiger charge is -2.30. The number of amides is 2. The van der Waals surface area contributed by atoms with Gasteiger partial charge >= 0.3 is 12.3 Å². The van der Waals surface area contributed by atoms with Gasteiger partial charge < -0.3 is 15.0 Å². The number of halogens is 4. The van der Waals surface area contributed by atoms with Crippen molar-refractivity contribution in [2.45, 2.75) is 32.5 Å². The van der Waals surface area contributed by atoms with Crippen LogP contribution in [0.2, 0.25) is 0 Å². The fourth-order valence-electron chi connectivity index (χ4n) is 2.64. The highest BCUT2D eigenvalue weighted by Gasteiger charge is 2.32. The number of aryl methyl sites for hydroxylation is 1. The van der Waals surface area contributed by atoms with Gasteiger partial charge in [-0.3, -0.25) is 4.79 Å². The smallest absolute Gasteiger partial charge is 0.422 e. The number of nitrogens with zero attached hydrogens (tertiary/aromatic N) is 1. The van der Waals surface area contributed by atoms with E-state index in [1.165, 1.54) is 6.07 Å². The van der Waals surface area contributed by atoms with Crippen molar-refractivity contribution in [2.24, 2.45) is 5.92 Å². The number of hydrogen-bond donors (Lipinski definition) is 1. The summed E-state index contributed by atoms with van der Waals surface area (Å²) in [6.45, 7) is 0.496. The maximum atomic E-state index is 13.5. The largest absolute Gasteiger partial charge is 0.440 e. The van der Waals surface area contributed by atoms with Crippen LogP contribution in [0.4, 0.5) is 22.4 Å². The number of carbonyl (C=O) groups is 2. The van der Waals surface area contributed by atoms with Crippen molar-refractivity contribution in [1.82, 2.24) is 10.2 Å². The minimum Gasteiger partial charge on any atom is -0.440 e. The van der Waals surface area contributed by atoms with Gasteiger partial charge in [0, 0.05) is 25.6 Å². The Morgan fingerprint density at radius 3 is 2.50 bits per heavy atom. The summed E-state index contributed by atoms with van der Waals surface area (Å²) in [6, 6.07) is 4.70. The second-order valence-electron chi connectivity index (χ2n) is 6.23. The number of likely N-dealkylation sites (tertiary alicyclic amines) is 1. The first-order valence-electron chi connectivity index (χ1n) is 8.17. The van der Waals surface area contributed by atoms with Crippen molar-refractivity contribution in [2.75, 3.05) is 19.7 Å². The van der Waals surface area contributed by atoms with Gasteiger partial charge in [0.2, 0.25) is 5.91 Å². The number of ether oxygens (including phenoxy) is 1. The molecule has 0 radical (unpaired) electrons. The summed E-state index contributed by atoms with van der Waals surface area (Å²) in [5.74, 6) is -0.923. The third kappa shape index (κ3) is 5.89. The third-order valence-electron chi connectivity index (χ3n) is 4.19. The molecule has 26 heavy (non-hydrogen) atoms. The Hall–Kier alpha value is -2.32. The van der Waals surface area contributed by atoms with E-state index in [0.717, 1.165) is 4.90 Å². The molecular weight excluding hydrogens is 356 g/mol. The third-order valence-corrected chi connectivity index (χ3v) is 4.19. The van der Waals surface area contributed by atoms with Crippen LogP contribution in [0, 0.1) is 18.7 Å². The predicted octanol–water partition coefficient (Wildman–Crippen LogP) is 3.16. The molecule has 0 unspecified atom stereocenters. The topological polar surface area (TPSA) is 58.6 Å². The number of nitrogens with one attached hydrogen (secondary N) is 1. The van der Waals surface area contributed by atoms with Crippen LogP contribution in [0.5, 0.6) is 0 Å². The summed E-state index contributed by atoms with van der Waals surface area (Å²) in [6.07, 6.45) is -4.94. The first kappa shape index (κ1) is 20.0. The molecule has 1 saturated heterocycles. The summed E-state index contributed by atoms with van der Waals surface area (Å²) >= 11 is 0. The molecule has 2 rings (SSSR count). The zero-order chi connectivity index (χ0) is 19.3. The van der Waals surface area contributed by atoms with E-state index in [4.69, 9.17) is 0 Å². The van der Waals surface area contributed by atoms with Gasteiger partial charge in [0.05, 0.1) is 0 Å². The van der Waals surface area contributed by atoms with Gasteiger partial charge in [-0.2, -0.15) is 13.2 Å². The molecule has 0 spiro atoms. The van der Waals surface area contributed by atoms with Gasteiger partial charge in [-0.1, -0.05) is 12.1 Å². The molecule has 0 aliphatic carbocycles. The van der Waals surface area contributed by atoms with E-state index in [9.17, 15) is 27.2 Å². The maximum absolute atomic E-state index is 13.5. The van der Waals surface area contributed by atoms with Crippen molar-refractivity contribution in [3.63, 3.8) is 0 Å². The molecule has 0 atom stereocenters. The molecular formula is C17H20F4N2O3. The SMILES string of the molecule is Cc1ccc(CNC(=O)C2CCN(C(=O)OCC(F)(F)F)CC2)cc1F. The highest BCUT2D eigenvalue weighted by molar-refractivity contribution is 5.79. The Kier molecular flexibility index (Phi) is 6.44. The van der Waals surface area contributed by atoms with Crippen molar-refractivity contribution >= 4 is 12.0 Å². The molecule has 9 heteroatoms. The van der Waals surface area contributed by atoms with E-state index >= 15 is 0 Å². The second-order valence-corrected chi connectivity index (χ2v) is 6.23. The maximum Gasteiger partial charge on any atom is 0.422 e. The second kappa shape index (κ2) is 8.37. The summed E-state index contributed by atoms with van der Waals surface area (Å²) in [7, 11) is 0. The highest BCUT2D eigenvalue weighted by atomic mass is 19.4. The summed E-state index contributed by atoms with van der Waals surface area (Å²) in [5.41, 5.74) is 1.15. The minimum atomic E-state index is -4.57. The van der Waals surface area contributed by atoms with Crippen LogP contribution in [-0.2, 0) is 16.1 Å². The van der Waals surface area contributed by atoms with E-state index in [0.29, 0.717) is 24.0 Å². The number of hydrogen-bond acceptors (Lipinski definition) is 3. The average Bonchev–Trinajstić information content (AvgIpc) is 2.60. The number of rotatable bonds is 4. The first-order valence-corrected chi connectivity index (χ1v) is 8.17. The van der Waals surface area contributed by atoms with Crippen molar-refractivity contribution in [3.8, 4) is 0 Å². The molecule has 1 aromatic rings. The monoisotopic (exact) mass is 376 g/mol. The molecule has 1 aliphatic rings. The van der Waals surface area contributed by atoms with Crippen molar-refractivity contribution < 1.29 is 31.9 Å². The molecule has 0 aromatic heterocycles. The number of carbonyl (C=O) groups excluding carboxylic acids is 2. The van der Waals surface area contributed by atoms with Gasteiger partial charge in [-0.05, 0) is 37.0 Å². The van der Waals surface area contributed by atoms with Crippen molar-refractivity contribution in [1.29, 1.82) is 0 Å². The molecule has 0 saturated carbocycles. The predicted molar refractivity (Wildman–Crippen MR) is 84.7 cm³/mol. The number of alkyl halides is 3. The molecule has 1 fully saturated rings. The standard InChI is InChI=1S/C17H20F4N2O3/c1-11-2-3-12(8-14(11)18)9-22-15(24)13-4-6-23(7-5-13)16(25)26-10-17(19,20)21/h2-3,8,13H,4-7,9-10H2,1H3,(H,22,24). The summed E-state index contributed by atoms with van der Waals surface area (Å²) < 4.78 is 53.8. The molecule has 144 valence electrons. The molecule has 2 amide bonds. The molecule has 1 N–H and O–H groups in total. The van der Waals surface area contributed by atoms with Crippen molar-refractivity contribution in [3.05, 3.63) is 35.1 Å². The van der Waals surface area contributed by atoms with Gasteiger partial charge in [0.25, 0.3) is 0 Å². The fourth-order valence-corrected chi connectivity index (χ4v) is 2.64. The van der Waals surface area contributed by atoms with E-state index in [1.807, 2.05) is 0 Å². The van der Waals surface area contributed by atoms with E-state index in [1.54, 1.807) is 19.1 Å². The Morgan fingerprint density at radius 2 is 1.92 bits per heavy atom. The van der Waals surface area contributed by atoms with E-state index in [2.05, 4.69) is 10.1 Å². The van der Waals surface area contributed by atoms with Crippen LogP contribution in [0.3, 0.4) is 0 Å². The first-order chi connectivity index (χ1) is 12.2. The Labute approximate surface area is 148 Å². The van der Waals surface area contributed by atoms with Crippen LogP contribution in [0.1, 0.15) is 24.0 Å². The lowest BCUT2D eigenvalue weighted by atomic mass is 9.96. The van der Waals surface area contributed by atoms with Gasteiger partial charge in [-0.15, -0.1) is 0 Å². The zero-order valence-corrected chi connectivity index (χ0v) is 14.2. The zero-order valence-electron chi connectivity index (χ0n) is 14.2. The van der Waals surface area contributed by atoms with Crippen LogP contribution >= 0.6 is 0 Å². The summed E-state index contributed by atoms with van der Waals surface area (Å²) in [4.78, 5) is 24.9. The fraction of sp³-hybridized carbons (Fsp3) is 0.529. The van der Waals surface area contributed by atoms with E-state index in [-0.39, 0.29) is 37.3 Å². The lowest BCUT2D eigenvalue weighted by molar-refractivity contribution is -0.162. The normalized spacial score (nSPS) is 15.7. The Morgan fingerprint density at radius 1 is 1.27 bits per heavy atom. The van der Waals surface area contributed by atoms with Gasteiger partial charge in [0.15, 0.2) is 6.61 Å². The molecule has 1 aromatic carbocycles. The van der Waals surface area contributed by atoms with Gasteiger partial charge in [0.1, 0.15) is 5.82 Å². The summed E-state index contributed by atoms with van der Waals surface area (Å²) in [5, 5.41) is 2.72. The minimum absolute atomic E-state index is 0.147. The number of piperidine rings is 1. The van der Waals surface area contributed by atoms with Gasteiger partial charge in [-0.25, -0.2) is 9.18 Å². The lowest BCUT2D eigenvalue weighted by Crippen LogP contribution is -2.43. The quantitative estimate of drug-likeness (QED) is 0.822. The molecule has 1 heterocycles. The van der Waals surface area contributed by atoms with Crippen LogP contribution in [-0.4, -0.2) is 42.8 Å².